The first-order valence-electron chi connectivity index (χ1n) is 14.8. The first kappa shape index (κ1) is 30.9. The Labute approximate surface area is 260 Å². The molecule has 1 aliphatic carbocycles. The summed E-state index contributed by atoms with van der Waals surface area (Å²) in [4.78, 5) is 56.8. The lowest BCUT2D eigenvalue weighted by Crippen LogP contribution is -2.52. The third-order valence-corrected chi connectivity index (χ3v) is 9.36. The number of para-hydroxylation sites is 1. The Morgan fingerprint density at radius 2 is 1.60 bits per heavy atom. The summed E-state index contributed by atoms with van der Waals surface area (Å²) in [5.74, 6) is -2.47. The van der Waals surface area contributed by atoms with Crippen molar-refractivity contribution in [3.05, 3.63) is 69.8 Å². The van der Waals surface area contributed by atoms with Gasteiger partial charge in [0, 0.05) is 58.6 Å². The van der Waals surface area contributed by atoms with Crippen LogP contribution >= 0.6 is 23.2 Å². The summed E-state index contributed by atoms with van der Waals surface area (Å²) in [7, 11) is 0. The number of fused-ring (bicyclic) bond motifs is 1. The minimum absolute atomic E-state index is 0.00573. The summed E-state index contributed by atoms with van der Waals surface area (Å²) in [5.41, 5.74) is 2.16. The highest BCUT2D eigenvalue weighted by atomic mass is 35.5. The molecule has 9 nitrogen and oxygen atoms in total. The number of carboxylic acids is 1. The van der Waals surface area contributed by atoms with Crippen LogP contribution in [0.4, 0.5) is 0 Å². The Morgan fingerprint density at radius 1 is 0.930 bits per heavy atom. The van der Waals surface area contributed by atoms with Crippen molar-refractivity contribution in [1.82, 2.24) is 20.5 Å². The van der Waals surface area contributed by atoms with Gasteiger partial charge in [-0.2, -0.15) is 0 Å². The minimum Gasteiger partial charge on any atom is -0.480 e. The van der Waals surface area contributed by atoms with Gasteiger partial charge in [-0.05, 0) is 67.3 Å². The average molecular weight is 628 g/mol. The van der Waals surface area contributed by atoms with E-state index in [2.05, 4.69) is 15.6 Å². The van der Waals surface area contributed by atoms with Gasteiger partial charge in [-0.25, -0.2) is 4.79 Å². The number of rotatable bonds is 10. The van der Waals surface area contributed by atoms with Gasteiger partial charge < -0.3 is 25.6 Å². The molecule has 2 fully saturated rings. The van der Waals surface area contributed by atoms with Gasteiger partial charge in [0.15, 0.2) is 0 Å². The van der Waals surface area contributed by atoms with E-state index in [1.165, 1.54) is 43.9 Å². The molecule has 4 N–H and O–H groups in total. The zero-order chi connectivity index (χ0) is 30.6. The number of piperidine rings is 1. The highest BCUT2D eigenvalue weighted by molar-refractivity contribution is 6.35. The van der Waals surface area contributed by atoms with E-state index in [0.717, 1.165) is 29.3 Å². The van der Waals surface area contributed by atoms with Gasteiger partial charge in [-0.3, -0.25) is 14.4 Å². The van der Waals surface area contributed by atoms with E-state index in [1.807, 2.05) is 24.3 Å². The quantitative estimate of drug-likeness (QED) is 0.241. The van der Waals surface area contributed by atoms with E-state index in [9.17, 15) is 24.3 Å². The number of carboxylic acid groups (broad SMARTS) is 1. The molecule has 11 heteroatoms. The number of H-pyrrole nitrogens is 1. The first-order valence-corrected chi connectivity index (χ1v) is 15.5. The Kier molecular flexibility index (Phi) is 9.62. The van der Waals surface area contributed by atoms with Gasteiger partial charge >= 0.3 is 5.97 Å². The summed E-state index contributed by atoms with van der Waals surface area (Å²) in [5, 5.41) is 16.7. The fourth-order valence-electron chi connectivity index (χ4n) is 6.49. The molecule has 228 valence electrons. The van der Waals surface area contributed by atoms with E-state index >= 15 is 0 Å². The molecule has 43 heavy (non-hydrogen) atoms. The number of hydrogen-bond donors (Lipinski definition) is 4. The molecule has 1 unspecified atom stereocenters. The lowest BCUT2D eigenvalue weighted by atomic mass is 9.77. The first-order chi connectivity index (χ1) is 20.6. The van der Waals surface area contributed by atoms with E-state index in [4.69, 9.17) is 23.2 Å². The molecule has 0 bridgehead atoms. The number of amides is 3. The Morgan fingerprint density at radius 3 is 2.28 bits per heavy atom. The zero-order valence-electron chi connectivity index (χ0n) is 23.8. The van der Waals surface area contributed by atoms with Crippen molar-refractivity contribution in [2.24, 2.45) is 5.41 Å². The largest absolute Gasteiger partial charge is 0.480 e. The van der Waals surface area contributed by atoms with Crippen LogP contribution in [0.3, 0.4) is 0 Å². The molecule has 1 spiro atoms. The van der Waals surface area contributed by atoms with Crippen LogP contribution in [0.25, 0.3) is 10.9 Å². The molecule has 1 aliphatic heterocycles. The Bertz CT molecular complexity index is 1490. The van der Waals surface area contributed by atoms with Crippen LogP contribution in [0, 0.1) is 5.41 Å². The summed E-state index contributed by atoms with van der Waals surface area (Å²) >= 11 is 12.2. The van der Waals surface area contributed by atoms with Crippen LogP contribution in [-0.4, -0.2) is 63.9 Å². The number of aliphatic carboxylic acids is 1. The van der Waals surface area contributed by atoms with E-state index in [1.54, 1.807) is 11.1 Å². The van der Waals surface area contributed by atoms with Crippen LogP contribution in [0.15, 0.2) is 48.7 Å². The van der Waals surface area contributed by atoms with E-state index in [0.29, 0.717) is 18.5 Å². The maximum Gasteiger partial charge on any atom is 0.326 e. The van der Waals surface area contributed by atoms with Gasteiger partial charge in [0.2, 0.25) is 11.8 Å². The minimum atomic E-state index is -1.16. The molecule has 2 atom stereocenters. The smallest absolute Gasteiger partial charge is 0.326 e. The molecule has 3 amide bonds. The Balaban J connectivity index is 1.25. The van der Waals surface area contributed by atoms with Gasteiger partial charge in [0.05, 0.1) is 0 Å². The van der Waals surface area contributed by atoms with Gasteiger partial charge in [-0.15, -0.1) is 0 Å². The molecular weight excluding hydrogens is 591 g/mol. The molecule has 1 saturated heterocycles. The molecule has 2 aromatic carbocycles. The number of aromatic nitrogens is 1. The third kappa shape index (κ3) is 7.51. The van der Waals surface area contributed by atoms with Gasteiger partial charge in [0.25, 0.3) is 5.91 Å². The number of carbonyl (C=O) groups excluding carboxylic acids is 3. The number of hydrogen-bond acceptors (Lipinski definition) is 4. The second kappa shape index (κ2) is 13.4. The molecule has 5 rings (SSSR count). The van der Waals surface area contributed by atoms with E-state index in [-0.39, 0.29) is 40.8 Å². The number of aromatic amines is 1. The number of likely N-dealkylation sites (tertiary alicyclic amines) is 1. The second-order valence-electron chi connectivity index (χ2n) is 11.8. The summed E-state index contributed by atoms with van der Waals surface area (Å²) < 4.78 is 0. The molecule has 2 heterocycles. The van der Waals surface area contributed by atoms with Crippen molar-refractivity contribution in [3.8, 4) is 0 Å². The van der Waals surface area contributed by atoms with Gasteiger partial charge in [0.1, 0.15) is 12.1 Å². The van der Waals surface area contributed by atoms with Crippen LogP contribution in [-0.2, 0) is 20.8 Å². The SMILES string of the molecule is O=C(CCC(NC(=O)c1cc(Cl)cc(Cl)c1)C(=O)N1CCC2(CCCC2)CC1)N[C@@H](Cc1c[nH]c2ccccc12)C(=O)O. The standard InChI is InChI=1S/C32H36Cl2N4O5/c33-22-15-20(16-23(34)18-22)29(40)37-26(30(41)38-13-11-32(12-14-38)9-3-4-10-32)7-8-28(39)36-27(31(42)43)17-21-19-35-25-6-2-1-5-24(21)25/h1-2,5-6,15-16,18-19,26-27,35H,3-4,7-14,17H2,(H,36,39)(H,37,40)(H,42,43)/t26?,27-/m0/s1. The van der Waals surface area contributed by atoms with Gasteiger partial charge in [-0.1, -0.05) is 54.2 Å². The number of benzene rings is 2. The predicted molar refractivity (Wildman–Crippen MR) is 165 cm³/mol. The topological polar surface area (TPSA) is 132 Å². The molecule has 0 radical (unpaired) electrons. The van der Waals surface area contributed by atoms with Crippen molar-refractivity contribution >= 4 is 57.8 Å². The van der Waals surface area contributed by atoms with Crippen molar-refractivity contribution in [3.63, 3.8) is 0 Å². The van der Waals surface area contributed by atoms with E-state index < -0.39 is 29.9 Å². The monoisotopic (exact) mass is 626 g/mol. The summed E-state index contributed by atoms with van der Waals surface area (Å²) in [6.07, 6.45) is 8.37. The highest BCUT2D eigenvalue weighted by Gasteiger charge is 2.39. The molecule has 2 aliphatic rings. The summed E-state index contributed by atoms with van der Waals surface area (Å²) in [6, 6.07) is 9.83. The van der Waals surface area contributed by atoms with Crippen LogP contribution < -0.4 is 10.6 Å². The number of nitrogens with one attached hydrogen (secondary N) is 3. The fraction of sp³-hybridized carbons (Fsp3) is 0.438. The van der Waals surface area contributed by atoms with Crippen molar-refractivity contribution in [1.29, 1.82) is 0 Å². The van der Waals surface area contributed by atoms with Crippen LogP contribution in [0.1, 0.15) is 67.3 Å². The maximum absolute atomic E-state index is 13.7. The van der Waals surface area contributed by atoms with Crippen molar-refractivity contribution in [2.45, 2.75) is 69.9 Å². The number of nitrogens with zero attached hydrogens (tertiary/aromatic N) is 1. The predicted octanol–water partition coefficient (Wildman–Crippen LogP) is 5.35. The number of halogens is 2. The molecule has 3 aromatic rings. The van der Waals surface area contributed by atoms with Crippen LogP contribution in [0.2, 0.25) is 10.0 Å². The van der Waals surface area contributed by atoms with Crippen molar-refractivity contribution < 1.29 is 24.3 Å². The third-order valence-electron chi connectivity index (χ3n) is 8.92. The average Bonchev–Trinajstić information content (AvgIpc) is 3.61. The fourth-order valence-corrected chi connectivity index (χ4v) is 7.02. The van der Waals surface area contributed by atoms with Crippen LogP contribution in [0.5, 0.6) is 0 Å². The molecule has 1 saturated carbocycles. The second-order valence-corrected chi connectivity index (χ2v) is 12.7. The highest BCUT2D eigenvalue weighted by Crippen LogP contribution is 2.46. The maximum atomic E-state index is 13.7. The van der Waals surface area contributed by atoms with Crippen molar-refractivity contribution in [2.75, 3.05) is 13.1 Å². The number of carbonyl (C=O) groups is 4. The zero-order valence-corrected chi connectivity index (χ0v) is 25.3. The normalized spacial score (nSPS) is 17.5. The molecule has 1 aromatic heterocycles. The lowest BCUT2D eigenvalue weighted by molar-refractivity contribution is -0.142. The molecular formula is C32H36Cl2N4O5. The Hall–Kier alpha value is -3.56. The lowest BCUT2D eigenvalue weighted by Gasteiger charge is -2.40. The summed E-state index contributed by atoms with van der Waals surface area (Å²) in [6.45, 7) is 1.21.